The van der Waals surface area contributed by atoms with E-state index in [1.54, 1.807) is 4.90 Å². The molecule has 4 rings (SSSR count). The number of amides is 2. The average Bonchev–Trinajstić information content (AvgIpc) is 3.20. The molecule has 0 spiro atoms. The Morgan fingerprint density at radius 1 is 1.07 bits per heavy atom. The average molecular weight is 397 g/mol. The van der Waals surface area contributed by atoms with Gasteiger partial charge in [-0.2, -0.15) is 4.98 Å². The fourth-order valence-electron chi connectivity index (χ4n) is 3.83. The van der Waals surface area contributed by atoms with Gasteiger partial charge in [0.2, 0.25) is 17.7 Å². The van der Waals surface area contributed by atoms with Crippen LogP contribution in [0.15, 0.2) is 34.9 Å². The second-order valence-corrected chi connectivity index (χ2v) is 7.60. The standard InChI is InChI=1S/C21H27N5O3/c1-2-18-22-19(29-23-18)8-9-20(27)26-14-16(15-26)21(28)25-12-10-24(11-13-25)17-6-4-3-5-7-17/h3-7,16H,2,8-15H2,1H3. The number of nitrogens with zero attached hydrogens (tertiary/aromatic N) is 5. The zero-order valence-corrected chi connectivity index (χ0v) is 16.8. The quantitative estimate of drug-likeness (QED) is 0.732. The Morgan fingerprint density at radius 3 is 2.45 bits per heavy atom. The van der Waals surface area contributed by atoms with E-state index in [0.29, 0.717) is 44.1 Å². The molecule has 0 aliphatic carbocycles. The highest BCUT2D eigenvalue weighted by Crippen LogP contribution is 2.22. The Bertz CT molecular complexity index is 839. The number of benzene rings is 1. The molecule has 0 unspecified atom stereocenters. The predicted molar refractivity (Wildman–Crippen MR) is 107 cm³/mol. The van der Waals surface area contributed by atoms with Crippen molar-refractivity contribution in [3.63, 3.8) is 0 Å². The number of anilines is 1. The van der Waals surface area contributed by atoms with Crippen molar-refractivity contribution in [1.29, 1.82) is 0 Å². The number of likely N-dealkylation sites (tertiary alicyclic amines) is 1. The summed E-state index contributed by atoms with van der Waals surface area (Å²) in [5, 5.41) is 3.84. The van der Waals surface area contributed by atoms with Gasteiger partial charge in [-0.1, -0.05) is 30.3 Å². The molecule has 2 fully saturated rings. The zero-order valence-electron chi connectivity index (χ0n) is 16.8. The number of carbonyl (C=O) groups is 2. The molecule has 2 aliphatic rings. The Morgan fingerprint density at radius 2 is 1.79 bits per heavy atom. The second-order valence-electron chi connectivity index (χ2n) is 7.60. The molecule has 3 heterocycles. The molecule has 0 saturated carbocycles. The Kier molecular flexibility index (Phi) is 5.78. The number of aromatic nitrogens is 2. The van der Waals surface area contributed by atoms with Crippen molar-refractivity contribution in [3.8, 4) is 0 Å². The maximum atomic E-state index is 12.7. The first kappa shape index (κ1) is 19.4. The molecule has 29 heavy (non-hydrogen) atoms. The summed E-state index contributed by atoms with van der Waals surface area (Å²) in [5.74, 6) is 1.30. The van der Waals surface area contributed by atoms with E-state index in [2.05, 4.69) is 27.2 Å². The van der Waals surface area contributed by atoms with Crippen LogP contribution in [0.2, 0.25) is 0 Å². The lowest BCUT2D eigenvalue weighted by Gasteiger charge is -2.43. The molecule has 0 atom stereocenters. The molecular weight excluding hydrogens is 370 g/mol. The van der Waals surface area contributed by atoms with Crippen molar-refractivity contribution < 1.29 is 14.1 Å². The van der Waals surface area contributed by atoms with Gasteiger partial charge in [-0.3, -0.25) is 9.59 Å². The summed E-state index contributed by atoms with van der Waals surface area (Å²) in [7, 11) is 0. The molecule has 2 aliphatic heterocycles. The van der Waals surface area contributed by atoms with E-state index < -0.39 is 0 Å². The summed E-state index contributed by atoms with van der Waals surface area (Å²) in [6.45, 7) is 6.13. The van der Waals surface area contributed by atoms with Gasteiger partial charge in [0.1, 0.15) is 0 Å². The van der Waals surface area contributed by atoms with Crippen LogP contribution in [0.5, 0.6) is 0 Å². The molecule has 2 saturated heterocycles. The van der Waals surface area contributed by atoms with Crippen LogP contribution in [-0.4, -0.2) is 71.0 Å². The van der Waals surface area contributed by atoms with Crippen LogP contribution < -0.4 is 4.90 Å². The number of piperazine rings is 1. The summed E-state index contributed by atoms with van der Waals surface area (Å²) < 4.78 is 5.12. The SMILES string of the molecule is CCc1noc(CCC(=O)N2CC(C(=O)N3CCN(c4ccccc4)CC3)C2)n1. The second kappa shape index (κ2) is 8.63. The molecule has 0 radical (unpaired) electrons. The smallest absolute Gasteiger partial charge is 0.229 e. The zero-order chi connectivity index (χ0) is 20.2. The predicted octanol–water partition coefficient (Wildman–Crippen LogP) is 1.37. The number of para-hydroxylation sites is 1. The topological polar surface area (TPSA) is 82.8 Å². The van der Waals surface area contributed by atoms with Gasteiger partial charge < -0.3 is 19.2 Å². The largest absolute Gasteiger partial charge is 0.368 e. The summed E-state index contributed by atoms with van der Waals surface area (Å²) in [4.78, 5) is 35.3. The molecule has 2 amide bonds. The van der Waals surface area contributed by atoms with Gasteiger partial charge in [0.15, 0.2) is 5.82 Å². The number of aryl methyl sites for hydroxylation is 2. The van der Waals surface area contributed by atoms with E-state index in [1.807, 2.05) is 30.0 Å². The lowest BCUT2D eigenvalue weighted by molar-refractivity contribution is -0.148. The molecule has 1 aromatic heterocycles. The van der Waals surface area contributed by atoms with Crippen LogP contribution in [-0.2, 0) is 22.4 Å². The van der Waals surface area contributed by atoms with Crippen LogP contribution in [0.1, 0.15) is 25.1 Å². The van der Waals surface area contributed by atoms with Crippen molar-refractivity contribution in [1.82, 2.24) is 19.9 Å². The third-order valence-corrected chi connectivity index (χ3v) is 5.68. The van der Waals surface area contributed by atoms with Crippen molar-refractivity contribution in [2.24, 2.45) is 5.92 Å². The Labute approximate surface area is 170 Å². The fourth-order valence-corrected chi connectivity index (χ4v) is 3.83. The van der Waals surface area contributed by atoms with Crippen LogP contribution in [0.25, 0.3) is 0 Å². The number of hydrogen-bond acceptors (Lipinski definition) is 6. The summed E-state index contributed by atoms with van der Waals surface area (Å²) in [6, 6.07) is 10.3. The van der Waals surface area contributed by atoms with Gasteiger partial charge in [0.05, 0.1) is 5.92 Å². The third kappa shape index (κ3) is 4.41. The first-order valence-electron chi connectivity index (χ1n) is 10.3. The molecule has 8 nitrogen and oxygen atoms in total. The minimum atomic E-state index is -0.0719. The summed E-state index contributed by atoms with van der Waals surface area (Å²) in [6.07, 6.45) is 1.50. The van der Waals surface area contributed by atoms with Gasteiger partial charge in [-0.25, -0.2) is 0 Å². The number of rotatable bonds is 6. The van der Waals surface area contributed by atoms with Crippen molar-refractivity contribution in [2.75, 3.05) is 44.2 Å². The van der Waals surface area contributed by atoms with Gasteiger partial charge in [0.25, 0.3) is 0 Å². The van der Waals surface area contributed by atoms with Crippen LogP contribution in [0, 0.1) is 5.92 Å². The van der Waals surface area contributed by atoms with Crippen molar-refractivity contribution >= 4 is 17.5 Å². The van der Waals surface area contributed by atoms with E-state index in [4.69, 9.17) is 4.52 Å². The lowest BCUT2D eigenvalue weighted by Crippen LogP contribution is -2.59. The highest BCUT2D eigenvalue weighted by molar-refractivity contribution is 5.84. The van der Waals surface area contributed by atoms with Gasteiger partial charge in [-0.05, 0) is 12.1 Å². The van der Waals surface area contributed by atoms with Gasteiger partial charge in [-0.15, -0.1) is 0 Å². The molecule has 0 N–H and O–H groups in total. The third-order valence-electron chi connectivity index (χ3n) is 5.68. The Balaban J connectivity index is 1.19. The van der Waals surface area contributed by atoms with Crippen LogP contribution in [0.3, 0.4) is 0 Å². The maximum Gasteiger partial charge on any atom is 0.229 e. The molecule has 1 aromatic carbocycles. The highest BCUT2D eigenvalue weighted by Gasteiger charge is 2.38. The number of carbonyl (C=O) groups excluding carboxylic acids is 2. The molecule has 2 aromatic rings. The Hall–Kier alpha value is -2.90. The first-order chi connectivity index (χ1) is 14.1. The highest BCUT2D eigenvalue weighted by atomic mass is 16.5. The van der Waals surface area contributed by atoms with E-state index in [0.717, 1.165) is 26.2 Å². The minimum Gasteiger partial charge on any atom is -0.368 e. The molecule has 154 valence electrons. The van der Waals surface area contributed by atoms with Crippen LogP contribution >= 0.6 is 0 Å². The van der Waals surface area contributed by atoms with Gasteiger partial charge >= 0.3 is 0 Å². The fraction of sp³-hybridized carbons (Fsp3) is 0.524. The van der Waals surface area contributed by atoms with E-state index >= 15 is 0 Å². The van der Waals surface area contributed by atoms with E-state index in [-0.39, 0.29) is 17.7 Å². The number of hydrogen-bond donors (Lipinski definition) is 0. The molecule has 0 bridgehead atoms. The maximum absolute atomic E-state index is 12.7. The lowest BCUT2D eigenvalue weighted by atomic mass is 9.97. The normalized spacial score (nSPS) is 17.3. The summed E-state index contributed by atoms with van der Waals surface area (Å²) >= 11 is 0. The van der Waals surface area contributed by atoms with Crippen molar-refractivity contribution in [3.05, 3.63) is 42.0 Å². The molecule has 8 heteroatoms. The van der Waals surface area contributed by atoms with E-state index in [1.165, 1.54) is 5.69 Å². The van der Waals surface area contributed by atoms with E-state index in [9.17, 15) is 9.59 Å². The minimum absolute atomic E-state index is 0.0409. The summed E-state index contributed by atoms with van der Waals surface area (Å²) in [5.41, 5.74) is 1.20. The first-order valence-corrected chi connectivity index (χ1v) is 10.3. The van der Waals surface area contributed by atoms with Crippen molar-refractivity contribution in [2.45, 2.75) is 26.2 Å². The van der Waals surface area contributed by atoms with Gasteiger partial charge in [0, 0.05) is 64.2 Å². The monoisotopic (exact) mass is 397 g/mol. The molecular formula is C21H27N5O3. The van der Waals surface area contributed by atoms with Crippen LogP contribution in [0.4, 0.5) is 5.69 Å².